The van der Waals surface area contributed by atoms with Crippen LogP contribution in [-0.2, 0) is 4.74 Å². The normalized spacial score (nSPS) is 38.1. The molecule has 76 valence electrons. The number of ether oxygens (including phenoxy) is 1. The summed E-state index contributed by atoms with van der Waals surface area (Å²) in [5.41, 5.74) is 0.338. The van der Waals surface area contributed by atoms with Gasteiger partial charge in [-0.25, -0.2) is 0 Å². The molecule has 2 unspecified atom stereocenters. The Labute approximate surface area is 81.0 Å². The molecule has 2 nitrogen and oxygen atoms in total. The van der Waals surface area contributed by atoms with Crippen LogP contribution in [-0.4, -0.2) is 25.3 Å². The maximum absolute atomic E-state index is 6.03. The van der Waals surface area contributed by atoms with Gasteiger partial charge in [-0.2, -0.15) is 0 Å². The van der Waals surface area contributed by atoms with Gasteiger partial charge in [-0.15, -0.1) is 0 Å². The summed E-state index contributed by atoms with van der Waals surface area (Å²) in [6.45, 7) is 4.61. The van der Waals surface area contributed by atoms with Crippen LogP contribution >= 0.6 is 0 Å². The minimum absolute atomic E-state index is 0.338. The van der Waals surface area contributed by atoms with Crippen molar-refractivity contribution in [1.29, 1.82) is 0 Å². The summed E-state index contributed by atoms with van der Waals surface area (Å²) in [4.78, 5) is 0. The summed E-state index contributed by atoms with van der Waals surface area (Å²) in [6.07, 6.45) is 6.22. The topological polar surface area (TPSA) is 21.3 Å². The van der Waals surface area contributed by atoms with Gasteiger partial charge in [0, 0.05) is 11.5 Å². The molecule has 0 amide bonds. The first-order valence-electron chi connectivity index (χ1n) is 5.47. The predicted octanol–water partition coefficient (Wildman–Crippen LogP) is 1.94. The maximum Gasteiger partial charge on any atom is 0.0659 e. The molecular weight excluding hydrogens is 162 g/mol. The van der Waals surface area contributed by atoms with Crippen LogP contribution in [0.25, 0.3) is 0 Å². The fraction of sp³-hybridized carbons (Fsp3) is 1.00. The molecule has 2 aliphatic carbocycles. The minimum Gasteiger partial charge on any atom is -0.374 e. The second-order valence-electron chi connectivity index (χ2n) is 5.08. The molecule has 2 saturated carbocycles. The molecule has 0 spiro atoms. The van der Waals surface area contributed by atoms with E-state index < -0.39 is 0 Å². The van der Waals surface area contributed by atoms with Crippen molar-refractivity contribution in [1.82, 2.24) is 5.32 Å². The van der Waals surface area contributed by atoms with Crippen LogP contribution < -0.4 is 5.32 Å². The van der Waals surface area contributed by atoms with Gasteiger partial charge >= 0.3 is 0 Å². The second kappa shape index (κ2) is 3.25. The van der Waals surface area contributed by atoms with Crippen molar-refractivity contribution in [3.8, 4) is 0 Å². The Morgan fingerprint density at radius 2 is 2.00 bits per heavy atom. The molecular formula is C11H21NO. The molecule has 2 fully saturated rings. The summed E-state index contributed by atoms with van der Waals surface area (Å²) < 4.78 is 6.03. The summed E-state index contributed by atoms with van der Waals surface area (Å²) >= 11 is 0. The Balaban J connectivity index is 1.82. The first-order chi connectivity index (χ1) is 6.14. The fourth-order valence-electron chi connectivity index (χ4n) is 2.35. The SMILES string of the molecule is CNC1CC(OC2CCC2)C1(C)C. The Kier molecular flexibility index (Phi) is 2.37. The largest absolute Gasteiger partial charge is 0.374 e. The van der Waals surface area contributed by atoms with E-state index in [0.717, 1.165) is 0 Å². The van der Waals surface area contributed by atoms with E-state index >= 15 is 0 Å². The zero-order valence-electron chi connectivity index (χ0n) is 8.97. The third-order valence-electron chi connectivity index (χ3n) is 3.94. The van der Waals surface area contributed by atoms with Gasteiger partial charge in [-0.1, -0.05) is 13.8 Å². The Hall–Kier alpha value is -0.0800. The average Bonchev–Trinajstić information content (AvgIpc) is 2.00. The number of hydrogen-bond donors (Lipinski definition) is 1. The van der Waals surface area contributed by atoms with Crippen molar-refractivity contribution >= 4 is 0 Å². The van der Waals surface area contributed by atoms with Crippen LogP contribution in [0.5, 0.6) is 0 Å². The standard InChI is InChI=1S/C11H21NO/c1-11(2)9(12-3)7-10(11)13-8-5-4-6-8/h8-10,12H,4-7H2,1-3H3. The van der Waals surface area contributed by atoms with Crippen molar-refractivity contribution in [2.24, 2.45) is 5.41 Å². The van der Waals surface area contributed by atoms with E-state index in [4.69, 9.17) is 4.74 Å². The van der Waals surface area contributed by atoms with Crippen LogP contribution in [0.2, 0.25) is 0 Å². The molecule has 2 atom stereocenters. The van der Waals surface area contributed by atoms with E-state index in [2.05, 4.69) is 19.2 Å². The molecule has 2 rings (SSSR count). The number of hydrogen-bond acceptors (Lipinski definition) is 2. The first kappa shape index (κ1) is 9.47. The third-order valence-corrected chi connectivity index (χ3v) is 3.94. The third kappa shape index (κ3) is 1.50. The lowest BCUT2D eigenvalue weighted by Crippen LogP contribution is -2.61. The van der Waals surface area contributed by atoms with Gasteiger partial charge in [0.15, 0.2) is 0 Å². The van der Waals surface area contributed by atoms with E-state index in [0.29, 0.717) is 23.7 Å². The van der Waals surface area contributed by atoms with Gasteiger partial charge in [-0.3, -0.25) is 0 Å². The lowest BCUT2D eigenvalue weighted by molar-refractivity contribution is -0.163. The minimum atomic E-state index is 0.338. The summed E-state index contributed by atoms with van der Waals surface area (Å²) in [7, 11) is 2.05. The van der Waals surface area contributed by atoms with Crippen molar-refractivity contribution in [3.63, 3.8) is 0 Å². The highest BCUT2D eigenvalue weighted by Gasteiger charge is 2.49. The Morgan fingerprint density at radius 1 is 1.31 bits per heavy atom. The summed E-state index contributed by atoms with van der Waals surface area (Å²) in [6, 6.07) is 0.651. The lowest BCUT2D eigenvalue weighted by Gasteiger charge is -2.53. The quantitative estimate of drug-likeness (QED) is 0.722. The molecule has 2 heteroatoms. The second-order valence-corrected chi connectivity index (χ2v) is 5.08. The monoisotopic (exact) mass is 183 g/mol. The van der Waals surface area contributed by atoms with Crippen molar-refractivity contribution < 1.29 is 4.74 Å². The first-order valence-corrected chi connectivity index (χ1v) is 5.47. The van der Waals surface area contributed by atoms with Gasteiger partial charge < -0.3 is 10.1 Å². The molecule has 0 heterocycles. The molecule has 0 radical (unpaired) electrons. The highest BCUT2D eigenvalue weighted by Crippen LogP contribution is 2.44. The van der Waals surface area contributed by atoms with E-state index in [1.807, 2.05) is 7.05 Å². The fourth-order valence-corrected chi connectivity index (χ4v) is 2.35. The highest BCUT2D eigenvalue weighted by molar-refractivity contribution is 5.02. The van der Waals surface area contributed by atoms with Gasteiger partial charge in [0.1, 0.15) is 0 Å². The molecule has 0 saturated heterocycles. The van der Waals surface area contributed by atoms with Gasteiger partial charge in [0.05, 0.1) is 12.2 Å². The van der Waals surface area contributed by atoms with Gasteiger partial charge in [0.2, 0.25) is 0 Å². The van der Waals surface area contributed by atoms with Crippen molar-refractivity contribution in [2.45, 2.75) is 57.8 Å². The lowest BCUT2D eigenvalue weighted by atomic mass is 9.64. The number of rotatable bonds is 3. The molecule has 0 bridgehead atoms. The van der Waals surface area contributed by atoms with Crippen LogP contribution in [0.3, 0.4) is 0 Å². The molecule has 0 aromatic carbocycles. The van der Waals surface area contributed by atoms with Gasteiger partial charge in [-0.05, 0) is 32.7 Å². The highest BCUT2D eigenvalue weighted by atomic mass is 16.5. The smallest absolute Gasteiger partial charge is 0.0659 e. The summed E-state index contributed by atoms with van der Waals surface area (Å²) in [5.74, 6) is 0. The average molecular weight is 183 g/mol. The van der Waals surface area contributed by atoms with Crippen LogP contribution in [0, 0.1) is 5.41 Å². The number of nitrogens with one attached hydrogen (secondary N) is 1. The van der Waals surface area contributed by atoms with Crippen LogP contribution in [0.15, 0.2) is 0 Å². The zero-order chi connectivity index (χ0) is 9.47. The molecule has 2 aliphatic rings. The zero-order valence-corrected chi connectivity index (χ0v) is 8.97. The Bertz CT molecular complexity index is 187. The van der Waals surface area contributed by atoms with E-state index in [1.165, 1.54) is 25.7 Å². The molecule has 0 aliphatic heterocycles. The molecule has 0 aromatic heterocycles. The molecule has 0 aromatic rings. The van der Waals surface area contributed by atoms with E-state index in [-0.39, 0.29) is 0 Å². The van der Waals surface area contributed by atoms with E-state index in [9.17, 15) is 0 Å². The summed E-state index contributed by atoms with van der Waals surface area (Å²) in [5, 5.41) is 3.35. The van der Waals surface area contributed by atoms with Gasteiger partial charge in [0.25, 0.3) is 0 Å². The van der Waals surface area contributed by atoms with Crippen LogP contribution in [0.4, 0.5) is 0 Å². The Morgan fingerprint density at radius 3 is 2.38 bits per heavy atom. The van der Waals surface area contributed by atoms with Crippen molar-refractivity contribution in [3.05, 3.63) is 0 Å². The predicted molar refractivity (Wildman–Crippen MR) is 53.8 cm³/mol. The van der Waals surface area contributed by atoms with Crippen molar-refractivity contribution in [2.75, 3.05) is 7.05 Å². The molecule has 13 heavy (non-hydrogen) atoms. The van der Waals surface area contributed by atoms with E-state index in [1.54, 1.807) is 0 Å². The molecule has 1 N–H and O–H groups in total. The van der Waals surface area contributed by atoms with Crippen LogP contribution in [0.1, 0.15) is 39.5 Å². The maximum atomic E-state index is 6.03.